The molecule has 2 nitrogen and oxygen atoms in total. The lowest BCUT2D eigenvalue weighted by molar-refractivity contribution is 1.17. The van der Waals surface area contributed by atoms with Crippen molar-refractivity contribution < 1.29 is 0 Å². The maximum atomic E-state index is 6.05. The molecule has 0 fully saturated rings. The number of benzene rings is 3. The Bertz CT molecular complexity index is 922. The molecule has 0 atom stereocenters. The van der Waals surface area contributed by atoms with Gasteiger partial charge in [-0.3, -0.25) is 0 Å². The summed E-state index contributed by atoms with van der Waals surface area (Å²) in [7, 11) is 0. The van der Waals surface area contributed by atoms with Gasteiger partial charge in [-0.05, 0) is 40.2 Å². The molecule has 4 heteroatoms. The first-order valence-electron chi connectivity index (χ1n) is 6.80. The summed E-state index contributed by atoms with van der Waals surface area (Å²) in [5.74, 6) is 0. The van der Waals surface area contributed by atoms with E-state index in [1.165, 1.54) is 21.8 Å². The second-order valence-electron chi connectivity index (χ2n) is 5.05. The van der Waals surface area contributed by atoms with Gasteiger partial charge in [-0.1, -0.05) is 42.5 Å². The van der Waals surface area contributed by atoms with Crippen LogP contribution in [0.5, 0.6) is 0 Å². The van der Waals surface area contributed by atoms with Gasteiger partial charge in [0.15, 0.2) is 0 Å². The fraction of sp³-hybridized carbons (Fsp3) is 0. The highest BCUT2D eigenvalue weighted by Gasteiger charge is 2.13. The molecule has 0 unspecified atom stereocenters. The minimum Gasteiger partial charge on any atom is -0.398 e. The largest absolute Gasteiger partial charge is 0.398 e. The highest BCUT2D eigenvalue weighted by molar-refractivity contribution is 9.10. The number of hydrogen-bond acceptors (Lipinski definition) is 1. The van der Waals surface area contributed by atoms with Gasteiger partial charge in [0, 0.05) is 16.5 Å². The Labute approximate surface area is 143 Å². The predicted octanol–water partition coefficient (Wildman–Crippen LogP) is 5.55. The second kappa shape index (κ2) is 5.67. The highest BCUT2D eigenvalue weighted by atomic mass is 79.9. The van der Waals surface area contributed by atoms with Crippen molar-refractivity contribution in [1.82, 2.24) is 4.57 Å². The van der Waals surface area contributed by atoms with Crippen LogP contribution in [-0.2, 0) is 0 Å². The van der Waals surface area contributed by atoms with Crippen molar-refractivity contribution in [2.75, 3.05) is 5.73 Å². The summed E-state index contributed by atoms with van der Waals surface area (Å²) in [5.41, 5.74) is 10.2. The van der Waals surface area contributed by atoms with E-state index in [0.29, 0.717) is 0 Å². The zero-order valence-corrected chi connectivity index (χ0v) is 14.1. The molecular formula is C18H14BrClN2. The summed E-state index contributed by atoms with van der Waals surface area (Å²) in [6.45, 7) is 0. The zero-order valence-electron chi connectivity index (χ0n) is 11.7. The van der Waals surface area contributed by atoms with E-state index in [9.17, 15) is 0 Å². The van der Waals surface area contributed by atoms with E-state index in [1.807, 2.05) is 12.1 Å². The molecule has 0 aliphatic carbocycles. The van der Waals surface area contributed by atoms with Crippen LogP contribution in [0.25, 0.3) is 27.5 Å². The van der Waals surface area contributed by atoms with Gasteiger partial charge in [-0.2, -0.15) is 0 Å². The molecule has 1 heterocycles. The first-order valence-corrected chi connectivity index (χ1v) is 7.59. The van der Waals surface area contributed by atoms with Crippen LogP contribution in [0.1, 0.15) is 0 Å². The van der Waals surface area contributed by atoms with Crippen LogP contribution in [0.2, 0.25) is 0 Å². The van der Waals surface area contributed by atoms with Crippen molar-refractivity contribution in [2.45, 2.75) is 0 Å². The number of para-hydroxylation sites is 2. The van der Waals surface area contributed by atoms with Gasteiger partial charge in [0.05, 0.1) is 21.2 Å². The Morgan fingerprint density at radius 1 is 0.727 bits per heavy atom. The molecule has 22 heavy (non-hydrogen) atoms. The summed E-state index contributed by atoms with van der Waals surface area (Å²) in [6.07, 6.45) is 0. The minimum absolute atomic E-state index is 0. The van der Waals surface area contributed by atoms with Crippen LogP contribution >= 0.6 is 28.3 Å². The molecule has 0 aliphatic heterocycles. The third kappa shape index (κ3) is 2.09. The van der Waals surface area contributed by atoms with Crippen LogP contribution < -0.4 is 5.73 Å². The van der Waals surface area contributed by atoms with Crippen LogP contribution in [0.3, 0.4) is 0 Å². The Balaban J connectivity index is 0.00000144. The van der Waals surface area contributed by atoms with Crippen molar-refractivity contribution in [2.24, 2.45) is 0 Å². The molecule has 0 radical (unpaired) electrons. The number of nitrogens with zero attached hydrogens (tertiary/aromatic N) is 1. The van der Waals surface area contributed by atoms with Crippen molar-refractivity contribution >= 4 is 55.8 Å². The van der Waals surface area contributed by atoms with Crippen molar-refractivity contribution in [3.05, 3.63) is 71.2 Å². The van der Waals surface area contributed by atoms with Crippen LogP contribution in [0.4, 0.5) is 5.69 Å². The molecule has 0 saturated carbocycles. The average molecular weight is 374 g/mol. The smallest absolute Gasteiger partial charge is 0.0645 e. The van der Waals surface area contributed by atoms with E-state index < -0.39 is 0 Å². The Hall–Kier alpha value is -1.97. The maximum absolute atomic E-state index is 6.05. The molecule has 0 bridgehead atoms. The number of rotatable bonds is 1. The van der Waals surface area contributed by atoms with Gasteiger partial charge in [-0.25, -0.2) is 0 Å². The number of aromatic nitrogens is 1. The van der Waals surface area contributed by atoms with E-state index in [1.54, 1.807) is 0 Å². The molecule has 2 N–H and O–H groups in total. The third-order valence-corrected chi connectivity index (χ3v) is 4.69. The summed E-state index contributed by atoms with van der Waals surface area (Å²) >= 11 is 3.63. The van der Waals surface area contributed by atoms with E-state index in [0.717, 1.165) is 15.8 Å². The van der Waals surface area contributed by atoms with Crippen molar-refractivity contribution in [3.63, 3.8) is 0 Å². The fourth-order valence-electron chi connectivity index (χ4n) is 2.89. The molecule has 0 saturated heterocycles. The van der Waals surface area contributed by atoms with Gasteiger partial charge >= 0.3 is 0 Å². The van der Waals surface area contributed by atoms with Gasteiger partial charge < -0.3 is 10.3 Å². The van der Waals surface area contributed by atoms with Crippen LogP contribution in [0.15, 0.2) is 71.2 Å². The molecule has 4 aromatic rings. The number of anilines is 1. The number of halogens is 2. The first kappa shape index (κ1) is 14.9. The van der Waals surface area contributed by atoms with Gasteiger partial charge in [0.2, 0.25) is 0 Å². The van der Waals surface area contributed by atoms with E-state index in [4.69, 9.17) is 5.73 Å². The Morgan fingerprint density at radius 3 is 1.86 bits per heavy atom. The molecule has 110 valence electrons. The summed E-state index contributed by atoms with van der Waals surface area (Å²) in [5, 5.41) is 2.50. The predicted molar refractivity (Wildman–Crippen MR) is 100 cm³/mol. The zero-order chi connectivity index (χ0) is 14.4. The SMILES string of the molecule is Cl.Nc1cccc(-n2c3ccccc3c3ccccc32)c1Br. The highest BCUT2D eigenvalue weighted by Crippen LogP contribution is 2.35. The molecular weight excluding hydrogens is 360 g/mol. The van der Waals surface area contributed by atoms with Gasteiger partial charge in [0.25, 0.3) is 0 Å². The fourth-order valence-corrected chi connectivity index (χ4v) is 3.33. The number of hydrogen-bond donors (Lipinski definition) is 1. The second-order valence-corrected chi connectivity index (χ2v) is 5.84. The number of fused-ring (bicyclic) bond motifs is 3. The monoisotopic (exact) mass is 372 g/mol. The van der Waals surface area contributed by atoms with Gasteiger partial charge in [0.1, 0.15) is 0 Å². The van der Waals surface area contributed by atoms with Crippen molar-refractivity contribution in [3.8, 4) is 5.69 Å². The number of nitrogens with two attached hydrogens (primary N) is 1. The van der Waals surface area contributed by atoms with Crippen molar-refractivity contribution in [1.29, 1.82) is 0 Å². The van der Waals surface area contributed by atoms with Crippen LogP contribution in [-0.4, -0.2) is 4.57 Å². The minimum atomic E-state index is 0. The maximum Gasteiger partial charge on any atom is 0.0645 e. The van der Waals surface area contributed by atoms with E-state index >= 15 is 0 Å². The molecule has 0 amide bonds. The van der Waals surface area contributed by atoms with Gasteiger partial charge in [-0.15, -0.1) is 12.4 Å². The normalized spacial score (nSPS) is 10.8. The molecule has 4 rings (SSSR count). The summed E-state index contributed by atoms with van der Waals surface area (Å²) < 4.78 is 3.18. The molecule has 1 aromatic heterocycles. The summed E-state index contributed by atoms with van der Waals surface area (Å²) in [6, 6.07) is 22.9. The number of nitrogen functional groups attached to an aromatic ring is 1. The molecule has 3 aromatic carbocycles. The lowest BCUT2D eigenvalue weighted by Gasteiger charge is -2.11. The Morgan fingerprint density at radius 2 is 1.27 bits per heavy atom. The standard InChI is InChI=1S/C18H13BrN2.ClH/c19-18-14(20)8-5-11-17(18)21-15-9-3-1-6-12(15)13-7-2-4-10-16(13)21;/h1-11H,20H2;1H. The summed E-state index contributed by atoms with van der Waals surface area (Å²) in [4.78, 5) is 0. The molecule has 0 aliphatic rings. The average Bonchev–Trinajstić information content (AvgIpc) is 2.85. The third-order valence-electron chi connectivity index (χ3n) is 3.83. The van der Waals surface area contributed by atoms with Crippen LogP contribution in [0, 0.1) is 0 Å². The lowest BCUT2D eigenvalue weighted by atomic mass is 10.2. The lowest BCUT2D eigenvalue weighted by Crippen LogP contribution is -1.97. The first-order chi connectivity index (χ1) is 10.3. The topological polar surface area (TPSA) is 30.9 Å². The Kier molecular flexibility index (Phi) is 3.85. The van der Waals surface area contributed by atoms with E-state index in [-0.39, 0.29) is 12.4 Å². The molecule has 0 spiro atoms. The van der Waals surface area contributed by atoms with E-state index in [2.05, 4.69) is 75.1 Å². The quantitative estimate of drug-likeness (QED) is 0.436.